The molecule has 8 nitrogen and oxygen atoms in total. The molecule has 1 aromatic heterocycles. The fourth-order valence-corrected chi connectivity index (χ4v) is 3.79. The number of carbonyl (C=O) groups excluding carboxylic acids is 2. The van der Waals surface area contributed by atoms with Crippen LogP contribution in [0.5, 0.6) is 11.6 Å². The number of hydrogen-bond donors (Lipinski definition) is 3. The van der Waals surface area contributed by atoms with Crippen molar-refractivity contribution in [3.63, 3.8) is 0 Å². The summed E-state index contributed by atoms with van der Waals surface area (Å²) in [5.41, 5.74) is 1.16. The van der Waals surface area contributed by atoms with Crippen LogP contribution in [0.1, 0.15) is 22.2 Å². The first-order valence-electron chi connectivity index (χ1n) is 9.37. The summed E-state index contributed by atoms with van der Waals surface area (Å²) in [5, 5.41) is 18.1. The molecule has 9 heteroatoms. The van der Waals surface area contributed by atoms with E-state index in [9.17, 15) is 14.7 Å². The number of methoxy groups -OCH3 is 1. The molecule has 2 amide bonds. The predicted octanol–water partition coefficient (Wildman–Crippen LogP) is 3.55. The third-order valence-electron chi connectivity index (χ3n) is 4.54. The summed E-state index contributed by atoms with van der Waals surface area (Å²) in [6.45, 7) is 0. The average Bonchev–Trinajstić information content (AvgIpc) is 3.18. The number of amides is 2. The normalized spacial score (nSPS) is 12.6. The maximum absolute atomic E-state index is 13.1. The largest absolute Gasteiger partial charge is 0.497 e. The van der Waals surface area contributed by atoms with Crippen molar-refractivity contribution in [1.29, 1.82) is 0 Å². The molecule has 2 aromatic carbocycles. The number of carbonyl (C=O) groups is 2. The zero-order valence-corrected chi connectivity index (χ0v) is 18.5. The lowest BCUT2D eigenvalue weighted by atomic mass is 10.1. The van der Waals surface area contributed by atoms with Gasteiger partial charge in [0.25, 0.3) is 17.7 Å². The lowest BCUT2D eigenvalue weighted by molar-refractivity contribution is -0.118. The Kier molecular flexibility index (Phi) is 6.55. The Morgan fingerprint density at radius 3 is 2.23 bits per heavy atom. The molecule has 0 spiro atoms. The second-order valence-corrected chi connectivity index (χ2v) is 11.7. The minimum atomic E-state index is -1.02. The second kappa shape index (κ2) is 9.13. The Labute approximate surface area is 181 Å². The molecule has 1 heterocycles. The number of anilines is 1. The number of nitrogens with one attached hydrogen (secondary N) is 2. The van der Waals surface area contributed by atoms with E-state index >= 15 is 0 Å². The van der Waals surface area contributed by atoms with Crippen LogP contribution in [0.25, 0.3) is 0 Å². The molecule has 0 aliphatic carbocycles. The first-order chi connectivity index (χ1) is 14.7. The molecule has 0 saturated heterocycles. The average molecular weight is 444 g/mol. The minimum absolute atomic E-state index is 0.207. The van der Waals surface area contributed by atoms with E-state index in [-0.39, 0.29) is 5.76 Å². The van der Waals surface area contributed by atoms with Gasteiger partial charge < -0.3 is 25.0 Å². The molecule has 0 saturated carbocycles. The topological polar surface area (TPSA) is 114 Å². The van der Waals surface area contributed by atoms with Crippen LogP contribution < -0.4 is 15.4 Å². The quantitative estimate of drug-likeness (QED) is 0.515. The van der Waals surface area contributed by atoms with Crippen molar-refractivity contribution >= 4 is 27.5 Å². The van der Waals surface area contributed by atoms with Gasteiger partial charge in [0.05, 0.1) is 13.2 Å². The zero-order chi connectivity index (χ0) is 22.6. The van der Waals surface area contributed by atoms with Gasteiger partial charge in [0.15, 0.2) is 0 Å². The van der Waals surface area contributed by atoms with Gasteiger partial charge in [-0.05, 0) is 70.8 Å². The van der Waals surface area contributed by atoms with Gasteiger partial charge in [0.1, 0.15) is 11.8 Å². The molecule has 3 aromatic rings. The first-order valence-corrected chi connectivity index (χ1v) is 12.2. The number of nitrogens with zero attached hydrogens (tertiary/aromatic N) is 1. The summed E-state index contributed by atoms with van der Waals surface area (Å²) < 4.78 is 9.94. The number of aromatic nitrogens is 1. The molecule has 164 valence electrons. The SMILES string of the molecule is COc1ccc(C(NC(=O)c2cc(O)no2)C(=O)Nc2ccc(S(C)(C)C)cc2)cc1. The Morgan fingerprint density at radius 1 is 1.06 bits per heavy atom. The molecule has 0 aliphatic rings. The maximum Gasteiger partial charge on any atom is 0.290 e. The third kappa shape index (κ3) is 5.58. The van der Waals surface area contributed by atoms with E-state index < -0.39 is 33.8 Å². The molecule has 1 unspecified atom stereocenters. The van der Waals surface area contributed by atoms with Crippen LogP contribution in [0.3, 0.4) is 0 Å². The third-order valence-corrected chi connectivity index (χ3v) is 6.22. The highest BCUT2D eigenvalue weighted by Gasteiger charge is 2.25. The number of hydrogen-bond acceptors (Lipinski definition) is 6. The number of aromatic hydroxyl groups is 1. The molecule has 0 bridgehead atoms. The Bertz CT molecular complexity index is 1060. The monoisotopic (exact) mass is 443 g/mol. The van der Waals surface area contributed by atoms with Crippen molar-refractivity contribution in [3.05, 3.63) is 65.9 Å². The van der Waals surface area contributed by atoms with Gasteiger partial charge in [-0.25, -0.2) is 10.0 Å². The zero-order valence-electron chi connectivity index (χ0n) is 17.7. The Morgan fingerprint density at radius 2 is 1.71 bits per heavy atom. The molecule has 0 fully saturated rings. The van der Waals surface area contributed by atoms with Crippen LogP contribution in [0.15, 0.2) is 64.0 Å². The molecular weight excluding hydrogens is 418 g/mol. The summed E-state index contributed by atoms with van der Waals surface area (Å²) in [6, 6.07) is 14.5. The van der Waals surface area contributed by atoms with Crippen molar-refractivity contribution < 1.29 is 24.0 Å². The minimum Gasteiger partial charge on any atom is -0.497 e. The molecule has 3 N–H and O–H groups in total. The molecule has 31 heavy (non-hydrogen) atoms. The highest BCUT2D eigenvalue weighted by Crippen LogP contribution is 2.45. The van der Waals surface area contributed by atoms with Crippen molar-refractivity contribution in [3.8, 4) is 11.6 Å². The number of benzene rings is 2. The number of ether oxygens (including phenoxy) is 1. The van der Waals surface area contributed by atoms with E-state index in [1.165, 1.54) is 4.90 Å². The van der Waals surface area contributed by atoms with Gasteiger partial charge in [-0.15, -0.1) is 0 Å². The Balaban J connectivity index is 1.83. The van der Waals surface area contributed by atoms with Crippen LogP contribution in [0, 0.1) is 0 Å². The van der Waals surface area contributed by atoms with Gasteiger partial charge in [-0.1, -0.05) is 12.1 Å². The molecule has 1 atom stereocenters. The van der Waals surface area contributed by atoms with Crippen LogP contribution in [-0.4, -0.2) is 48.0 Å². The fourth-order valence-electron chi connectivity index (χ4n) is 2.83. The fraction of sp³-hybridized carbons (Fsp3) is 0.227. The lowest BCUT2D eigenvalue weighted by Crippen LogP contribution is -2.36. The smallest absolute Gasteiger partial charge is 0.290 e. The highest BCUT2D eigenvalue weighted by atomic mass is 32.3. The molecule has 0 aliphatic heterocycles. The predicted molar refractivity (Wildman–Crippen MR) is 120 cm³/mol. The van der Waals surface area contributed by atoms with Gasteiger partial charge in [-0.3, -0.25) is 9.59 Å². The number of rotatable bonds is 7. The Hall–Kier alpha value is -3.46. The van der Waals surface area contributed by atoms with E-state index in [4.69, 9.17) is 9.26 Å². The van der Waals surface area contributed by atoms with Crippen LogP contribution >= 0.6 is 10.0 Å². The van der Waals surface area contributed by atoms with E-state index in [0.29, 0.717) is 17.0 Å². The summed E-state index contributed by atoms with van der Waals surface area (Å²) in [7, 11) is 0.665. The van der Waals surface area contributed by atoms with Crippen molar-refractivity contribution in [2.45, 2.75) is 10.9 Å². The summed E-state index contributed by atoms with van der Waals surface area (Å²) in [4.78, 5) is 26.8. The van der Waals surface area contributed by atoms with Crippen LogP contribution in [-0.2, 0) is 4.79 Å². The van der Waals surface area contributed by atoms with Gasteiger partial charge in [0, 0.05) is 5.69 Å². The molecule has 3 rings (SSSR count). The van der Waals surface area contributed by atoms with Crippen molar-refractivity contribution in [2.24, 2.45) is 0 Å². The maximum atomic E-state index is 13.1. The lowest BCUT2D eigenvalue weighted by Gasteiger charge is -2.26. The molecule has 0 radical (unpaired) electrons. The van der Waals surface area contributed by atoms with Crippen LogP contribution in [0.4, 0.5) is 5.69 Å². The van der Waals surface area contributed by atoms with E-state index in [2.05, 4.69) is 34.6 Å². The first kappa shape index (κ1) is 22.2. The standard InChI is InChI=1S/C22H25N3O5S/c1-29-16-9-5-14(6-10-16)20(24-21(27)18-13-19(26)25-30-18)22(28)23-15-7-11-17(12-8-15)31(2,3)4/h5-13,20H,1-4H3,(H,23,28)(H,24,27)(H,25,26). The second-order valence-electron chi connectivity index (χ2n) is 7.58. The summed E-state index contributed by atoms with van der Waals surface area (Å²) in [5.74, 6) is -1.12. The van der Waals surface area contributed by atoms with E-state index in [1.807, 2.05) is 24.3 Å². The van der Waals surface area contributed by atoms with Crippen LogP contribution in [0.2, 0.25) is 0 Å². The highest BCUT2D eigenvalue weighted by molar-refractivity contribution is 8.32. The van der Waals surface area contributed by atoms with Gasteiger partial charge in [-0.2, -0.15) is 0 Å². The van der Waals surface area contributed by atoms with Crippen molar-refractivity contribution in [1.82, 2.24) is 10.5 Å². The van der Waals surface area contributed by atoms with E-state index in [0.717, 1.165) is 6.07 Å². The van der Waals surface area contributed by atoms with E-state index in [1.54, 1.807) is 31.4 Å². The summed E-state index contributed by atoms with van der Waals surface area (Å²) >= 11 is 0. The van der Waals surface area contributed by atoms with Gasteiger partial charge in [0.2, 0.25) is 5.76 Å². The summed E-state index contributed by atoms with van der Waals surface area (Å²) in [6.07, 6.45) is 6.57. The molecular formula is C22H25N3O5S. The van der Waals surface area contributed by atoms with Gasteiger partial charge >= 0.3 is 0 Å². The van der Waals surface area contributed by atoms with Crippen molar-refractivity contribution in [2.75, 3.05) is 31.2 Å².